The number of ether oxygens (including phenoxy) is 1. The maximum Gasteiger partial charge on any atom is 0.268 e. The molecule has 0 bridgehead atoms. The van der Waals surface area contributed by atoms with Crippen molar-refractivity contribution in [3.8, 4) is 11.3 Å². The topological polar surface area (TPSA) is 67.4 Å². The van der Waals surface area contributed by atoms with Gasteiger partial charge in [-0.3, -0.25) is 4.79 Å². The van der Waals surface area contributed by atoms with E-state index in [1.54, 1.807) is 6.20 Å². The van der Waals surface area contributed by atoms with E-state index in [1.165, 1.54) is 11.3 Å². The summed E-state index contributed by atoms with van der Waals surface area (Å²) in [6.07, 6.45) is 2.05. The summed E-state index contributed by atoms with van der Waals surface area (Å²) in [7, 11) is 0. The van der Waals surface area contributed by atoms with Gasteiger partial charge in [0.25, 0.3) is 5.91 Å². The number of nitrogens with zero attached hydrogens (tertiary/aromatic N) is 3. The van der Waals surface area contributed by atoms with Crippen LogP contribution < -0.4 is 10.2 Å². The fraction of sp³-hybridized carbons (Fsp3) is 0.318. The van der Waals surface area contributed by atoms with Gasteiger partial charge in [0, 0.05) is 18.7 Å². The van der Waals surface area contributed by atoms with Gasteiger partial charge >= 0.3 is 0 Å². The summed E-state index contributed by atoms with van der Waals surface area (Å²) in [6.45, 7) is 7.67. The number of nitrogens with one attached hydrogen (secondary N) is 1. The van der Waals surface area contributed by atoms with Crippen molar-refractivity contribution < 1.29 is 9.53 Å². The predicted molar refractivity (Wildman–Crippen MR) is 117 cm³/mol. The van der Waals surface area contributed by atoms with Crippen molar-refractivity contribution in [2.75, 3.05) is 23.3 Å². The molecule has 3 aromatic rings. The van der Waals surface area contributed by atoms with E-state index in [4.69, 9.17) is 4.74 Å². The zero-order valence-electron chi connectivity index (χ0n) is 16.8. The van der Waals surface area contributed by atoms with Crippen molar-refractivity contribution >= 4 is 28.7 Å². The van der Waals surface area contributed by atoms with Gasteiger partial charge < -0.3 is 15.0 Å². The first-order valence-corrected chi connectivity index (χ1v) is 10.5. The Balaban J connectivity index is 1.50. The minimum Gasteiger partial charge on any atom is -0.372 e. The molecule has 2 aromatic heterocycles. The lowest BCUT2D eigenvalue weighted by molar-refractivity contribution is -0.00545. The molecule has 4 rings (SSSR count). The molecule has 0 aliphatic carbocycles. The Bertz CT molecular complexity index is 978. The van der Waals surface area contributed by atoms with Crippen LogP contribution in [0.2, 0.25) is 0 Å². The highest BCUT2D eigenvalue weighted by Gasteiger charge is 2.23. The van der Waals surface area contributed by atoms with Gasteiger partial charge in [-0.25, -0.2) is 9.97 Å². The SMILES string of the molecule is Cc1nc(-c2ccccc2)c(C(=O)Nc2ccc(N3C[C@@H](C)O[C@@H](C)C3)nc2)s1. The predicted octanol–water partition coefficient (Wildman–Crippen LogP) is 4.38. The number of carbonyl (C=O) groups excluding carboxylic acids is 1. The van der Waals surface area contributed by atoms with Gasteiger partial charge in [-0.05, 0) is 32.9 Å². The molecule has 6 nitrogen and oxygen atoms in total. The quantitative estimate of drug-likeness (QED) is 0.694. The first-order chi connectivity index (χ1) is 14.0. The van der Waals surface area contributed by atoms with Crippen LogP contribution in [-0.2, 0) is 4.74 Å². The number of thiazole rings is 1. The molecule has 1 fully saturated rings. The third-order valence-corrected chi connectivity index (χ3v) is 5.71. The third-order valence-electron chi connectivity index (χ3n) is 4.74. The maximum absolute atomic E-state index is 12.9. The Morgan fingerprint density at radius 2 is 1.86 bits per heavy atom. The number of pyridine rings is 1. The number of anilines is 2. The van der Waals surface area contributed by atoms with E-state index in [2.05, 4.69) is 34.0 Å². The van der Waals surface area contributed by atoms with E-state index in [9.17, 15) is 4.79 Å². The Morgan fingerprint density at radius 1 is 1.14 bits per heavy atom. The molecule has 0 radical (unpaired) electrons. The van der Waals surface area contributed by atoms with Gasteiger partial charge in [0.15, 0.2) is 0 Å². The molecule has 7 heteroatoms. The molecule has 150 valence electrons. The highest BCUT2D eigenvalue weighted by molar-refractivity contribution is 7.14. The van der Waals surface area contributed by atoms with Crippen LogP contribution in [0.4, 0.5) is 11.5 Å². The van der Waals surface area contributed by atoms with Crippen LogP contribution in [0, 0.1) is 6.92 Å². The van der Waals surface area contributed by atoms with Gasteiger partial charge in [0.1, 0.15) is 10.7 Å². The Hall–Kier alpha value is -2.77. The largest absolute Gasteiger partial charge is 0.372 e. The third kappa shape index (κ3) is 4.46. The van der Waals surface area contributed by atoms with Gasteiger partial charge in [-0.15, -0.1) is 11.3 Å². The van der Waals surface area contributed by atoms with Gasteiger partial charge in [0.05, 0.1) is 34.8 Å². The van der Waals surface area contributed by atoms with Crippen molar-refractivity contribution in [1.29, 1.82) is 0 Å². The smallest absolute Gasteiger partial charge is 0.268 e. The molecule has 1 N–H and O–H groups in total. The van der Waals surface area contributed by atoms with Gasteiger partial charge in [-0.1, -0.05) is 30.3 Å². The molecule has 0 unspecified atom stereocenters. The minimum absolute atomic E-state index is 0.169. The van der Waals surface area contributed by atoms with Crippen molar-refractivity contribution in [1.82, 2.24) is 9.97 Å². The number of aryl methyl sites for hydroxylation is 1. The molecule has 0 saturated carbocycles. The Morgan fingerprint density at radius 3 is 2.52 bits per heavy atom. The highest BCUT2D eigenvalue weighted by atomic mass is 32.1. The summed E-state index contributed by atoms with van der Waals surface area (Å²) < 4.78 is 5.78. The van der Waals surface area contributed by atoms with E-state index in [1.807, 2.05) is 49.4 Å². The van der Waals surface area contributed by atoms with Crippen LogP contribution >= 0.6 is 11.3 Å². The molecule has 2 atom stereocenters. The van der Waals surface area contributed by atoms with E-state index >= 15 is 0 Å². The maximum atomic E-state index is 12.9. The number of carbonyl (C=O) groups is 1. The second kappa shape index (κ2) is 8.31. The summed E-state index contributed by atoms with van der Waals surface area (Å²) >= 11 is 1.40. The van der Waals surface area contributed by atoms with Crippen molar-refractivity contribution in [2.45, 2.75) is 33.0 Å². The molecule has 1 aromatic carbocycles. The van der Waals surface area contributed by atoms with E-state index in [-0.39, 0.29) is 18.1 Å². The van der Waals surface area contributed by atoms with Crippen LogP contribution in [0.15, 0.2) is 48.7 Å². The van der Waals surface area contributed by atoms with Crippen LogP contribution in [0.1, 0.15) is 28.5 Å². The Labute approximate surface area is 174 Å². The summed E-state index contributed by atoms with van der Waals surface area (Å²) in [4.78, 5) is 24.8. The molecule has 29 heavy (non-hydrogen) atoms. The molecule has 1 saturated heterocycles. The highest BCUT2D eigenvalue weighted by Crippen LogP contribution is 2.29. The van der Waals surface area contributed by atoms with Crippen molar-refractivity contribution in [2.24, 2.45) is 0 Å². The van der Waals surface area contributed by atoms with Crippen LogP contribution in [0.25, 0.3) is 11.3 Å². The molecule has 3 heterocycles. The fourth-order valence-electron chi connectivity index (χ4n) is 3.57. The number of rotatable bonds is 4. The minimum atomic E-state index is -0.169. The number of amides is 1. The molecular formula is C22H24N4O2S. The second-order valence-electron chi connectivity index (χ2n) is 7.30. The fourth-order valence-corrected chi connectivity index (χ4v) is 4.41. The summed E-state index contributed by atoms with van der Waals surface area (Å²) in [5, 5.41) is 3.81. The van der Waals surface area contributed by atoms with Gasteiger partial charge in [0.2, 0.25) is 0 Å². The number of benzene rings is 1. The molecule has 0 spiro atoms. The van der Waals surface area contributed by atoms with E-state index < -0.39 is 0 Å². The Kier molecular flexibility index (Phi) is 5.60. The number of morpholine rings is 1. The van der Waals surface area contributed by atoms with Crippen LogP contribution in [0.3, 0.4) is 0 Å². The molecule has 1 amide bonds. The van der Waals surface area contributed by atoms with Gasteiger partial charge in [-0.2, -0.15) is 0 Å². The first-order valence-electron chi connectivity index (χ1n) is 9.70. The lowest BCUT2D eigenvalue weighted by Crippen LogP contribution is -2.45. The van der Waals surface area contributed by atoms with Crippen LogP contribution in [0.5, 0.6) is 0 Å². The second-order valence-corrected chi connectivity index (χ2v) is 8.50. The summed E-state index contributed by atoms with van der Waals surface area (Å²) in [5.41, 5.74) is 2.32. The zero-order valence-corrected chi connectivity index (χ0v) is 17.6. The zero-order chi connectivity index (χ0) is 20.4. The van der Waals surface area contributed by atoms with E-state index in [0.717, 1.165) is 29.5 Å². The van der Waals surface area contributed by atoms with Crippen LogP contribution in [-0.4, -0.2) is 41.2 Å². The normalized spacial score (nSPS) is 19.2. The van der Waals surface area contributed by atoms with Crippen molar-refractivity contribution in [3.63, 3.8) is 0 Å². The van der Waals surface area contributed by atoms with Crippen molar-refractivity contribution in [3.05, 3.63) is 58.5 Å². The molecule has 1 aliphatic heterocycles. The molecular weight excluding hydrogens is 384 g/mol. The number of aromatic nitrogens is 2. The average Bonchev–Trinajstić information content (AvgIpc) is 3.10. The molecule has 1 aliphatic rings. The lowest BCUT2D eigenvalue weighted by atomic mass is 10.1. The summed E-state index contributed by atoms with van der Waals surface area (Å²) in [6, 6.07) is 13.6. The lowest BCUT2D eigenvalue weighted by Gasteiger charge is -2.36. The number of hydrogen-bond acceptors (Lipinski definition) is 6. The standard InChI is InChI=1S/C22H24N4O2S/c1-14-12-26(13-15(2)28-14)19-10-9-18(11-23-19)25-22(27)21-20(24-16(3)29-21)17-7-5-4-6-8-17/h4-11,14-15H,12-13H2,1-3H3,(H,25,27)/t14-,15+. The van der Waals surface area contributed by atoms with E-state index in [0.29, 0.717) is 16.3 Å². The number of hydrogen-bond donors (Lipinski definition) is 1. The summed E-state index contributed by atoms with van der Waals surface area (Å²) in [5.74, 6) is 0.723. The monoisotopic (exact) mass is 408 g/mol. The average molecular weight is 409 g/mol. The first kappa shape index (κ1) is 19.5.